The third kappa shape index (κ3) is 3.24. The Morgan fingerprint density at radius 3 is 2.94 bits per heavy atom. The molecule has 1 aliphatic rings. The van der Waals surface area contributed by atoms with Crippen LogP contribution in [0.4, 0.5) is 0 Å². The lowest BCUT2D eigenvalue weighted by atomic mass is 10.0. The molecular formula is C15H24N2O. The zero-order valence-electron chi connectivity index (χ0n) is 11.6. The maximum Gasteiger partial charge on any atom is 0.120 e. The summed E-state index contributed by atoms with van der Waals surface area (Å²) in [6, 6.07) is 5.99. The van der Waals surface area contributed by atoms with E-state index < -0.39 is 0 Å². The van der Waals surface area contributed by atoms with E-state index in [0.717, 1.165) is 18.0 Å². The molecule has 1 fully saturated rings. The lowest BCUT2D eigenvalue weighted by Gasteiger charge is -2.19. The molecule has 0 amide bonds. The number of nitrogens with zero attached hydrogens (tertiary/aromatic N) is 1. The Hall–Kier alpha value is -1.06. The van der Waals surface area contributed by atoms with Gasteiger partial charge in [0.15, 0.2) is 0 Å². The first kappa shape index (κ1) is 13.4. The largest absolute Gasteiger partial charge is 0.508 e. The van der Waals surface area contributed by atoms with E-state index >= 15 is 0 Å². The fraction of sp³-hybridized carbons (Fsp3) is 0.600. The van der Waals surface area contributed by atoms with Crippen LogP contribution in [0.2, 0.25) is 0 Å². The van der Waals surface area contributed by atoms with E-state index in [4.69, 9.17) is 0 Å². The maximum absolute atomic E-state index is 9.89. The van der Waals surface area contributed by atoms with Crippen LogP contribution in [0.3, 0.4) is 0 Å². The van der Waals surface area contributed by atoms with E-state index in [2.05, 4.69) is 37.2 Å². The molecule has 0 aliphatic carbocycles. The number of benzene rings is 1. The third-order valence-corrected chi connectivity index (χ3v) is 3.85. The molecule has 1 saturated heterocycles. The molecule has 0 saturated carbocycles. The van der Waals surface area contributed by atoms with Gasteiger partial charge < -0.3 is 15.3 Å². The molecule has 1 heterocycles. The standard InChI is InChI=1S/C15H24N2O/c1-11-4-5-15(18)14(8-11)12(2)16-9-13-6-7-17(3)10-13/h4-5,8,12-13,16,18H,6-7,9-10H2,1-3H3. The first-order chi connectivity index (χ1) is 8.56. The van der Waals surface area contributed by atoms with Gasteiger partial charge in [-0.15, -0.1) is 0 Å². The highest BCUT2D eigenvalue weighted by atomic mass is 16.3. The quantitative estimate of drug-likeness (QED) is 0.858. The summed E-state index contributed by atoms with van der Waals surface area (Å²) in [5.41, 5.74) is 2.19. The van der Waals surface area contributed by atoms with Crippen molar-refractivity contribution in [1.29, 1.82) is 0 Å². The number of rotatable bonds is 4. The summed E-state index contributed by atoms with van der Waals surface area (Å²) in [5, 5.41) is 13.4. The molecule has 3 heteroatoms. The van der Waals surface area contributed by atoms with E-state index in [1.54, 1.807) is 6.07 Å². The highest BCUT2D eigenvalue weighted by molar-refractivity contribution is 5.37. The fourth-order valence-corrected chi connectivity index (χ4v) is 2.67. The molecular weight excluding hydrogens is 224 g/mol. The summed E-state index contributed by atoms with van der Waals surface area (Å²) < 4.78 is 0. The Morgan fingerprint density at radius 2 is 2.28 bits per heavy atom. The predicted octanol–water partition coefficient (Wildman–Crippen LogP) is 2.30. The Labute approximate surface area is 110 Å². The molecule has 18 heavy (non-hydrogen) atoms. The van der Waals surface area contributed by atoms with E-state index in [-0.39, 0.29) is 6.04 Å². The summed E-state index contributed by atoms with van der Waals surface area (Å²) >= 11 is 0. The third-order valence-electron chi connectivity index (χ3n) is 3.85. The van der Waals surface area contributed by atoms with Gasteiger partial charge in [0.1, 0.15) is 5.75 Å². The van der Waals surface area contributed by atoms with Gasteiger partial charge in [0.2, 0.25) is 0 Å². The number of likely N-dealkylation sites (tertiary alicyclic amines) is 1. The van der Waals surface area contributed by atoms with Gasteiger partial charge in [0.25, 0.3) is 0 Å². The molecule has 2 N–H and O–H groups in total. The van der Waals surface area contributed by atoms with Crippen LogP contribution in [0.25, 0.3) is 0 Å². The van der Waals surface area contributed by atoms with Crippen molar-refractivity contribution in [2.45, 2.75) is 26.3 Å². The van der Waals surface area contributed by atoms with Crippen molar-refractivity contribution in [3.05, 3.63) is 29.3 Å². The molecule has 0 aromatic heterocycles. The number of hydrogen-bond donors (Lipinski definition) is 2. The topological polar surface area (TPSA) is 35.5 Å². The van der Waals surface area contributed by atoms with E-state index in [1.165, 1.54) is 25.1 Å². The minimum absolute atomic E-state index is 0.204. The average molecular weight is 248 g/mol. The molecule has 1 aromatic carbocycles. The van der Waals surface area contributed by atoms with Gasteiger partial charge in [-0.05, 0) is 52.4 Å². The Morgan fingerprint density at radius 1 is 1.50 bits per heavy atom. The second kappa shape index (κ2) is 5.72. The molecule has 0 radical (unpaired) electrons. The lowest BCUT2D eigenvalue weighted by Crippen LogP contribution is -2.27. The molecule has 0 bridgehead atoms. The summed E-state index contributed by atoms with van der Waals surface area (Å²) in [4.78, 5) is 2.38. The van der Waals surface area contributed by atoms with Gasteiger partial charge >= 0.3 is 0 Å². The number of aryl methyl sites for hydroxylation is 1. The highest BCUT2D eigenvalue weighted by Gasteiger charge is 2.20. The first-order valence-corrected chi connectivity index (χ1v) is 6.77. The van der Waals surface area contributed by atoms with E-state index in [9.17, 15) is 5.11 Å². The molecule has 0 spiro atoms. The number of hydrogen-bond acceptors (Lipinski definition) is 3. The fourth-order valence-electron chi connectivity index (χ4n) is 2.67. The van der Waals surface area contributed by atoms with Gasteiger partial charge in [0.05, 0.1) is 0 Å². The molecule has 2 atom stereocenters. The second-order valence-corrected chi connectivity index (χ2v) is 5.61. The van der Waals surface area contributed by atoms with Crippen molar-refractivity contribution in [2.24, 2.45) is 5.92 Å². The zero-order valence-corrected chi connectivity index (χ0v) is 11.6. The number of nitrogens with one attached hydrogen (secondary N) is 1. The Kier molecular flexibility index (Phi) is 4.25. The van der Waals surface area contributed by atoms with Gasteiger partial charge in [-0.2, -0.15) is 0 Å². The summed E-state index contributed by atoms with van der Waals surface area (Å²) in [6.07, 6.45) is 1.27. The summed E-state index contributed by atoms with van der Waals surface area (Å²) in [7, 11) is 2.18. The summed E-state index contributed by atoms with van der Waals surface area (Å²) in [5.74, 6) is 1.13. The number of aromatic hydroxyl groups is 1. The molecule has 2 rings (SSSR count). The van der Waals surface area contributed by atoms with Crippen LogP contribution < -0.4 is 5.32 Å². The van der Waals surface area contributed by atoms with Crippen LogP contribution in [0.15, 0.2) is 18.2 Å². The van der Waals surface area contributed by atoms with Crippen LogP contribution in [0, 0.1) is 12.8 Å². The SMILES string of the molecule is Cc1ccc(O)c(C(C)NCC2CCN(C)C2)c1. The van der Waals surface area contributed by atoms with Crippen LogP contribution in [0.5, 0.6) is 5.75 Å². The van der Waals surface area contributed by atoms with Crippen LogP contribution in [-0.2, 0) is 0 Å². The number of phenols is 1. The van der Waals surface area contributed by atoms with Gasteiger partial charge in [-0.3, -0.25) is 0 Å². The van der Waals surface area contributed by atoms with Crippen LogP contribution >= 0.6 is 0 Å². The van der Waals surface area contributed by atoms with Crippen molar-refractivity contribution >= 4 is 0 Å². The minimum Gasteiger partial charge on any atom is -0.508 e. The van der Waals surface area contributed by atoms with Crippen molar-refractivity contribution in [1.82, 2.24) is 10.2 Å². The van der Waals surface area contributed by atoms with Crippen molar-refractivity contribution in [2.75, 3.05) is 26.7 Å². The monoisotopic (exact) mass is 248 g/mol. The second-order valence-electron chi connectivity index (χ2n) is 5.61. The Balaban J connectivity index is 1.91. The van der Waals surface area contributed by atoms with Crippen LogP contribution in [0.1, 0.15) is 30.5 Å². The minimum atomic E-state index is 0.204. The predicted molar refractivity (Wildman–Crippen MR) is 74.9 cm³/mol. The highest BCUT2D eigenvalue weighted by Crippen LogP contribution is 2.25. The van der Waals surface area contributed by atoms with E-state index in [0.29, 0.717) is 5.75 Å². The number of phenolic OH excluding ortho intramolecular Hbond substituents is 1. The normalized spacial score (nSPS) is 22.3. The molecule has 1 aliphatic heterocycles. The van der Waals surface area contributed by atoms with E-state index in [1.807, 2.05) is 6.07 Å². The molecule has 100 valence electrons. The van der Waals surface area contributed by atoms with Gasteiger partial charge in [0, 0.05) is 18.2 Å². The summed E-state index contributed by atoms with van der Waals surface area (Å²) in [6.45, 7) is 7.59. The molecule has 2 unspecified atom stereocenters. The Bertz CT molecular complexity index is 405. The average Bonchev–Trinajstić information content (AvgIpc) is 2.75. The molecule has 1 aromatic rings. The first-order valence-electron chi connectivity index (χ1n) is 6.77. The van der Waals surface area contributed by atoms with Gasteiger partial charge in [-0.25, -0.2) is 0 Å². The van der Waals surface area contributed by atoms with Crippen molar-refractivity contribution in [3.63, 3.8) is 0 Å². The molecule has 3 nitrogen and oxygen atoms in total. The smallest absolute Gasteiger partial charge is 0.120 e. The lowest BCUT2D eigenvalue weighted by molar-refractivity contribution is 0.379. The zero-order chi connectivity index (χ0) is 13.1. The maximum atomic E-state index is 9.89. The van der Waals surface area contributed by atoms with Gasteiger partial charge in [-0.1, -0.05) is 17.7 Å². The van der Waals surface area contributed by atoms with Crippen molar-refractivity contribution in [3.8, 4) is 5.75 Å². The van der Waals surface area contributed by atoms with Crippen molar-refractivity contribution < 1.29 is 5.11 Å². The van der Waals surface area contributed by atoms with Crippen LogP contribution in [-0.4, -0.2) is 36.7 Å².